The molecule has 22 heavy (non-hydrogen) atoms. The van der Waals surface area contributed by atoms with Gasteiger partial charge in [-0.1, -0.05) is 18.2 Å². The van der Waals surface area contributed by atoms with Gasteiger partial charge >= 0.3 is 0 Å². The summed E-state index contributed by atoms with van der Waals surface area (Å²) in [7, 11) is 0. The molecule has 1 atom stereocenters. The summed E-state index contributed by atoms with van der Waals surface area (Å²) in [5.41, 5.74) is 6.75. The molecular formula is C15H20N6O. The number of anilines is 3. The molecule has 1 aliphatic rings. The van der Waals surface area contributed by atoms with Crippen molar-refractivity contribution in [2.24, 2.45) is 0 Å². The zero-order valence-electron chi connectivity index (χ0n) is 12.6. The average Bonchev–Trinajstić information content (AvgIpc) is 2.55. The summed E-state index contributed by atoms with van der Waals surface area (Å²) in [5, 5.41) is 3.16. The van der Waals surface area contributed by atoms with E-state index < -0.39 is 0 Å². The van der Waals surface area contributed by atoms with Crippen molar-refractivity contribution in [1.82, 2.24) is 19.9 Å². The molecule has 3 N–H and O–H groups in total. The van der Waals surface area contributed by atoms with Gasteiger partial charge in [0.1, 0.15) is 0 Å². The van der Waals surface area contributed by atoms with Gasteiger partial charge in [-0.3, -0.25) is 4.90 Å². The molecule has 1 fully saturated rings. The van der Waals surface area contributed by atoms with E-state index in [1.165, 1.54) is 0 Å². The summed E-state index contributed by atoms with van der Waals surface area (Å²) in [6, 6.07) is 9.83. The maximum absolute atomic E-state index is 5.83. The fourth-order valence-electron chi connectivity index (χ4n) is 2.43. The van der Waals surface area contributed by atoms with Crippen LogP contribution in [-0.2, 0) is 4.74 Å². The fourth-order valence-corrected chi connectivity index (χ4v) is 2.43. The molecule has 116 valence electrons. The molecule has 0 saturated carbocycles. The highest BCUT2D eigenvalue weighted by Crippen LogP contribution is 2.20. The van der Waals surface area contributed by atoms with Gasteiger partial charge in [0.15, 0.2) is 5.82 Å². The molecule has 0 radical (unpaired) electrons. The van der Waals surface area contributed by atoms with E-state index in [9.17, 15) is 0 Å². The first-order chi connectivity index (χ1) is 10.7. The molecule has 1 saturated heterocycles. The number of para-hydroxylation sites is 1. The third-order valence-electron chi connectivity index (χ3n) is 3.67. The van der Waals surface area contributed by atoms with Gasteiger partial charge in [0.05, 0.1) is 19.3 Å². The number of nitrogens with one attached hydrogen (secondary N) is 1. The Kier molecular flexibility index (Phi) is 4.45. The molecule has 0 bridgehead atoms. The highest BCUT2D eigenvalue weighted by atomic mass is 16.5. The van der Waals surface area contributed by atoms with Gasteiger partial charge < -0.3 is 15.8 Å². The molecular weight excluding hydrogens is 280 g/mol. The number of hydrogen-bond donors (Lipinski definition) is 2. The molecule has 7 nitrogen and oxygen atoms in total. The first kappa shape index (κ1) is 14.7. The normalized spacial score (nSPS) is 17.1. The van der Waals surface area contributed by atoms with Crippen LogP contribution < -0.4 is 11.1 Å². The van der Waals surface area contributed by atoms with Crippen molar-refractivity contribution in [2.75, 3.05) is 37.4 Å². The SMILES string of the molecule is C[C@H](c1nc(N)nc(Nc2ccccc2)n1)N1CCOCC1. The Bertz CT molecular complexity index is 615. The van der Waals surface area contributed by atoms with E-state index in [2.05, 4.69) is 32.1 Å². The van der Waals surface area contributed by atoms with Crippen LogP contribution >= 0.6 is 0 Å². The van der Waals surface area contributed by atoms with Crippen LogP contribution in [0.15, 0.2) is 30.3 Å². The number of morpholine rings is 1. The van der Waals surface area contributed by atoms with Gasteiger partial charge in [0.2, 0.25) is 11.9 Å². The molecule has 1 aromatic carbocycles. The highest BCUT2D eigenvalue weighted by molar-refractivity contribution is 5.53. The van der Waals surface area contributed by atoms with Crippen LogP contribution in [0.3, 0.4) is 0 Å². The molecule has 1 aliphatic heterocycles. The van der Waals surface area contributed by atoms with Gasteiger partial charge in [0, 0.05) is 18.8 Å². The Morgan fingerprint density at radius 2 is 1.86 bits per heavy atom. The van der Waals surface area contributed by atoms with Crippen LogP contribution in [0.25, 0.3) is 0 Å². The molecule has 2 heterocycles. The maximum atomic E-state index is 5.83. The summed E-state index contributed by atoms with van der Waals surface area (Å²) in [6.45, 7) is 5.29. The summed E-state index contributed by atoms with van der Waals surface area (Å²) in [4.78, 5) is 15.2. The Balaban J connectivity index is 1.80. The van der Waals surface area contributed by atoms with Gasteiger partial charge in [-0.25, -0.2) is 0 Å². The van der Waals surface area contributed by atoms with Gasteiger partial charge in [-0.2, -0.15) is 15.0 Å². The lowest BCUT2D eigenvalue weighted by Gasteiger charge is -2.31. The van der Waals surface area contributed by atoms with Crippen LogP contribution in [0.5, 0.6) is 0 Å². The number of nitrogens with zero attached hydrogens (tertiary/aromatic N) is 4. The quantitative estimate of drug-likeness (QED) is 0.886. The van der Waals surface area contributed by atoms with Crippen molar-refractivity contribution in [3.05, 3.63) is 36.2 Å². The third kappa shape index (κ3) is 3.49. The van der Waals surface area contributed by atoms with Crippen molar-refractivity contribution in [2.45, 2.75) is 13.0 Å². The summed E-state index contributed by atoms with van der Waals surface area (Å²) >= 11 is 0. The predicted molar refractivity (Wildman–Crippen MR) is 84.8 cm³/mol. The minimum atomic E-state index is 0.0746. The zero-order valence-corrected chi connectivity index (χ0v) is 12.6. The van der Waals surface area contributed by atoms with Crippen molar-refractivity contribution in [1.29, 1.82) is 0 Å². The number of aromatic nitrogens is 3. The number of benzene rings is 1. The monoisotopic (exact) mass is 300 g/mol. The Labute approximate surface area is 129 Å². The van der Waals surface area contributed by atoms with Crippen LogP contribution in [0, 0.1) is 0 Å². The number of nitrogen functional groups attached to an aromatic ring is 1. The van der Waals surface area contributed by atoms with Crippen molar-refractivity contribution in [3.8, 4) is 0 Å². The Morgan fingerprint density at radius 1 is 1.14 bits per heavy atom. The lowest BCUT2D eigenvalue weighted by Crippen LogP contribution is -2.38. The molecule has 7 heteroatoms. The van der Waals surface area contributed by atoms with E-state index in [4.69, 9.17) is 10.5 Å². The minimum Gasteiger partial charge on any atom is -0.379 e. The molecule has 2 aromatic rings. The maximum Gasteiger partial charge on any atom is 0.232 e. The summed E-state index contributed by atoms with van der Waals surface area (Å²) < 4.78 is 5.38. The van der Waals surface area contributed by atoms with Gasteiger partial charge in [-0.05, 0) is 19.1 Å². The van der Waals surface area contributed by atoms with Gasteiger partial charge in [0.25, 0.3) is 0 Å². The lowest BCUT2D eigenvalue weighted by molar-refractivity contribution is 0.0182. The van der Waals surface area contributed by atoms with Gasteiger partial charge in [-0.15, -0.1) is 0 Å². The van der Waals surface area contributed by atoms with E-state index in [0.29, 0.717) is 11.8 Å². The van der Waals surface area contributed by atoms with Crippen molar-refractivity contribution < 1.29 is 4.74 Å². The fraction of sp³-hybridized carbons (Fsp3) is 0.400. The number of rotatable bonds is 4. The molecule has 3 rings (SSSR count). The molecule has 1 aromatic heterocycles. The second-order valence-corrected chi connectivity index (χ2v) is 5.19. The molecule has 0 aliphatic carbocycles. The van der Waals surface area contributed by atoms with Crippen LogP contribution in [-0.4, -0.2) is 46.2 Å². The highest BCUT2D eigenvalue weighted by Gasteiger charge is 2.21. The smallest absolute Gasteiger partial charge is 0.232 e. The molecule has 0 amide bonds. The second-order valence-electron chi connectivity index (χ2n) is 5.19. The predicted octanol–water partition coefficient (Wildman–Crippen LogP) is 1.59. The van der Waals surface area contributed by atoms with E-state index in [-0.39, 0.29) is 12.0 Å². The van der Waals surface area contributed by atoms with Crippen LogP contribution in [0.2, 0.25) is 0 Å². The average molecular weight is 300 g/mol. The van der Waals surface area contributed by atoms with E-state index in [1.54, 1.807) is 0 Å². The number of ether oxygens (including phenoxy) is 1. The first-order valence-electron chi connectivity index (χ1n) is 7.38. The Hall–Kier alpha value is -2.25. The van der Waals surface area contributed by atoms with Crippen molar-refractivity contribution in [3.63, 3.8) is 0 Å². The first-order valence-corrected chi connectivity index (χ1v) is 7.38. The second kappa shape index (κ2) is 6.67. The third-order valence-corrected chi connectivity index (χ3v) is 3.67. The number of hydrogen-bond acceptors (Lipinski definition) is 7. The Morgan fingerprint density at radius 3 is 2.59 bits per heavy atom. The topological polar surface area (TPSA) is 89.2 Å². The minimum absolute atomic E-state index is 0.0746. The zero-order chi connectivity index (χ0) is 15.4. The summed E-state index contributed by atoms with van der Waals surface area (Å²) in [5.74, 6) is 1.37. The van der Waals surface area contributed by atoms with E-state index in [1.807, 2.05) is 30.3 Å². The molecule has 0 spiro atoms. The van der Waals surface area contributed by atoms with Crippen LogP contribution in [0.4, 0.5) is 17.6 Å². The lowest BCUT2D eigenvalue weighted by atomic mass is 10.2. The van der Waals surface area contributed by atoms with E-state index in [0.717, 1.165) is 32.0 Å². The molecule has 0 unspecified atom stereocenters. The largest absolute Gasteiger partial charge is 0.379 e. The van der Waals surface area contributed by atoms with Crippen molar-refractivity contribution >= 4 is 17.6 Å². The summed E-state index contributed by atoms with van der Waals surface area (Å²) in [6.07, 6.45) is 0. The van der Waals surface area contributed by atoms with E-state index >= 15 is 0 Å². The van der Waals surface area contributed by atoms with Crippen LogP contribution in [0.1, 0.15) is 18.8 Å². The number of nitrogens with two attached hydrogens (primary N) is 1. The standard InChI is InChI=1S/C15H20N6O/c1-11(21-7-9-22-10-8-21)13-18-14(16)20-15(19-13)17-12-5-3-2-4-6-12/h2-6,11H,7-10H2,1H3,(H3,16,17,18,19,20)/t11-/m1/s1.